The molecule has 0 aliphatic carbocycles. The third-order valence-corrected chi connectivity index (χ3v) is 6.60. The van der Waals surface area contributed by atoms with E-state index in [9.17, 15) is 18.8 Å². The molecule has 0 amide bonds. The van der Waals surface area contributed by atoms with Crippen molar-refractivity contribution >= 4 is 21.9 Å². The molecule has 9 heteroatoms. The zero-order valence-corrected chi connectivity index (χ0v) is 20.7. The number of hydrogen-bond donors (Lipinski definition) is 0. The van der Waals surface area contributed by atoms with Crippen molar-refractivity contribution in [3.05, 3.63) is 82.7 Å². The molecule has 186 valence electrons. The second-order valence-electron chi connectivity index (χ2n) is 9.37. The van der Waals surface area contributed by atoms with Gasteiger partial charge in [0, 0.05) is 24.2 Å². The Balaban J connectivity index is 1.73. The third kappa shape index (κ3) is 4.10. The Morgan fingerprint density at radius 2 is 1.76 bits per heavy atom. The molecule has 0 aliphatic rings. The Bertz CT molecular complexity index is 1760. The van der Waals surface area contributed by atoms with E-state index in [1.54, 1.807) is 30.9 Å². The number of imidazole rings is 1. The van der Waals surface area contributed by atoms with Gasteiger partial charge in [0.15, 0.2) is 0 Å². The van der Waals surface area contributed by atoms with Crippen molar-refractivity contribution in [3.63, 3.8) is 0 Å². The van der Waals surface area contributed by atoms with Crippen LogP contribution >= 0.6 is 0 Å². The van der Waals surface area contributed by atoms with Crippen LogP contribution in [0.3, 0.4) is 0 Å². The first-order valence-electron chi connectivity index (χ1n) is 11.5. The lowest BCUT2D eigenvalue weighted by molar-refractivity contribution is -0.0505. The minimum Gasteiger partial charge on any atom is -0.433 e. The molecule has 7 nitrogen and oxygen atoms in total. The summed E-state index contributed by atoms with van der Waals surface area (Å²) in [4.78, 5) is 22.1. The highest BCUT2D eigenvalue weighted by molar-refractivity contribution is 6.04. The minimum absolute atomic E-state index is 0.000864. The van der Waals surface area contributed by atoms with E-state index in [0.29, 0.717) is 44.4 Å². The molecular formula is C28H23F2N5O2. The van der Waals surface area contributed by atoms with Gasteiger partial charge in [0.1, 0.15) is 5.75 Å². The Morgan fingerprint density at radius 1 is 1.03 bits per heavy atom. The first-order chi connectivity index (χ1) is 17.6. The number of hydrogen-bond acceptors (Lipinski definition) is 5. The second kappa shape index (κ2) is 8.82. The number of rotatable bonds is 5. The number of nitrogens with zero attached hydrogens (tertiary/aromatic N) is 5. The van der Waals surface area contributed by atoms with E-state index >= 15 is 0 Å². The summed E-state index contributed by atoms with van der Waals surface area (Å²) in [6.07, 6.45) is 3.25. The van der Waals surface area contributed by atoms with Gasteiger partial charge in [-0.3, -0.25) is 19.1 Å². The van der Waals surface area contributed by atoms with Crippen molar-refractivity contribution in [3.8, 4) is 28.6 Å². The van der Waals surface area contributed by atoms with E-state index in [1.807, 2.05) is 56.3 Å². The molecule has 3 heterocycles. The summed E-state index contributed by atoms with van der Waals surface area (Å²) in [5, 5.41) is 10.2. The normalized spacial score (nSPS) is 11.8. The SMILES string of the molecule is Cc1ncc(-c2ccc3ncc4c(c3c2)n(-c2ccc(C(C)(C)C#N)cc2)c(=O)n4C)cc1OC(F)F. The molecule has 2 aromatic carbocycles. The fourth-order valence-electron chi connectivity index (χ4n) is 4.39. The molecule has 0 saturated carbocycles. The van der Waals surface area contributed by atoms with Gasteiger partial charge in [-0.05, 0) is 62.2 Å². The molecule has 5 rings (SSSR count). The van der Waals surface area contributed by atoms with Crippen LogP contribution in [0, 0.1) is 18.3 Å². The zero-order chi connectivity index (χ0) is 26.5. The maximum absolute atomic E-state index is 13.4. The van der Waals surface area contributed by atoms with Crippen molar-refractivity contribution < 1.29 is 13.5 Å². The van der Waals surface area contributed by atoms with Gasteiger partial charge in [-0.15, -0.1) is 0 Å². The van der Waals surface area contributed by atoms with Crippen molar-refractivity contribution in [1.82, 2.24) is 19.1 Å². The van der Waals surface area contributed by atoms with Gasteiger partial charge in [-0.25, -0.2) is 4.79 Å². The zero-order valence-electron chi connectivity index (χ0n) is 20.7. The van der Waals surface area contributed by atoms with E-state index in [-0.39, 0.29) is 11.4 Å². The Hall–Kier alpha value is -4.58. The molecule has 0 spiro atoms. The molecular weight excluding hydrogens is 476 g/mol. The van der Waals surface area contributed by atoms with Gasteiger partial charge in [0.05, 0.1) is 45.6 Å². The number of pyridine rings is 2. The average molecular weight is 500 g/mol. The number of fused-ring (bicyclic) bond motifs is 3. The maximum atomic E-state index is 13.4. The highest BCUT2D eigenvalue weighted by Crippen LogP contribution is 2.32. The Morgan fingerprint density at radius 3 is 2.43 bits per heavy atom. The van der Waals surface area contributed by atoms with Crippen LogP contribution in [0.15, 0.2) is 65.7 Å². The van der Waals surface area contributed by atoms with Crippen molar-refractivity contribution in [1.29, 1.82) is 5.26 Å². The summed E-state index contributed by atoms with van der Waals surface area (Å²) in [6, 6.07) is 16.7. The van der Waals surface area contributed by atoms with Crippen LogP contribution in [0.4, 0.5) is 8.78 Å². The molecule has 0 saturated heterocycles. The lowest BCUT2D eigenvalue weighted by Gasteiger charge is -2.16. The summed E-state index contributed by atoms with van der Waals surface area (Å²) < 4.78 is 33.5. The molecule has 37 heavy (non-hydrogen) atoms. The van der Waals surface area contributed by atoms with E-state index < -0.39 is 12.0 Å². The largest absolute Gasteiger partial charge is 0.433 e. The van der Waals surface area contributed by atoms with Crippen molar-refractivity contribution in [2.24, 2.45) is 7.05 Å². The number of aryl methyl sites for hydroxylation is 2. The summed E-state index contributed by atoms with van der Waals surface area (Å²) in [5.74, 6) is 0.000864. The molecule has 3 aromatic heterocycles. The lowest BCUT2D eigenvalue weighted by Crippen LogP contribution is -2.21. The van der Waals surface area contributed by atoms with Crippen LogP contribution in [0.5, 0.6) is 5.75 Å². The molecule has 0 N–H and O–H groups in total. The highest BCUT2D eigenvalue weighted by Gasteiger charge is 2.21. The van der Waals surface area contributed by atoms with Crippen LogP contribution in [0.2, 0.25) is 0 Å². The fourth-order valence-corrected chi connectivity index (χ4v) is 4.39. The van der Waals surface area contributed by atoms with E-state index in [4.69, 9.17) is 0 Å². The molecule has 0 atom stereocenters. The van der Waals surface area contributed by atoms with Crippen molar-refractivity contribution in [2.45, 2.75) is 32.8 Å². The number of ether oxygens (including phenoxy) is 1. The lowest BCUT2D eigenvalue weighted by atomic mass is 9.86. The predicted molar refractivity (Wildman–Crippen MR) is 137 cm³/mol. The van der Waals surface area contributed by atoms with Gasteiger partial charge in [-0.1, -0.05) is 18.2 Å². The average Bonchev–Trinajstić information content (AvgIpc) is 3.15. The van der Waals surface area contributed by atoms with E-state index in [0.717, 1.165) is 5.56 Å². The molecule has 5 aromatic rings. The van der Waals surface area contributed by atoms with Crippen molar-refractivity contribution in [2.75, 3.05) is 0 Å². The quantitative estimate of drug-likeness (QED) is 0.312. The standard InChI is InChI=1S/C28H23F2N5O2/c1-16-24(37-26(29)30)12-18(13-32-16)17-5-10-22-21(11-17)25-23(14-33-22)34(4)27(36)35(25)20-8-6-19(7-9-20)28(2,3)15-31/h5-14,26H,1-4H3. The monoisotopic (exact) mass is 499 g/mol. The summed E-state index contributed by atoms with van der Waals surface area (Å²) in [6.45, 7) is 2.32. The smallest absolute Gasteiger partial charge is 0.387 e. The summed E-state index contributed by atoms with van der Waals surface area (Å²) >= 11 is 0. The molecule has 0 aliphatic heterocycles. The number of aromatic nitrogens is 4. The third-order valence-electron chi connectivity index (χ3n) is 6.60. The number of nitriles is 1. The highest BCUT2D eigenvalue weighted by atomic mass is 19.3. The molecule has 0 unspecified atom stereocenters. The number of halogens is 2. The van der Waals surface area contributed by atoms with Crippen LogP contribution in [-0.2, 0) is 12.5 Å². The van der Waals surface area contributed by atoms with Gasteiger partial charge >= 0.3 is 12.3 Å². The minimum atomic E-state index is -2.96. The van der Waals surface area contributed by atoms with Gasteiger partial charge < -0.3 is 4.74 Å². The number of benzene rings is 2. The Labute approximate surface area is 211 Å². The summed E-state index contributed by atoms with van der Waals surface area (Å²) in [5.41, 5.74) is 4.21. The second-order valence-corrected chi connectivity index (χ2v) is 9.37. The number of alkyl halides is 2. The van der Waals surface area contributed by atoms with Crippen LogP contribution in [-0.4, -0.2) is 25.7 Å². The Kier molecular flexibility index (Phi) is 5.75. The first-order valence-corrected chi connectivity index (χ1v) is 11.5. The predicted octanol–water partition coefficient (Wildman–Crippen LogP) is 5.65. The fraction of sp³-hybridized carbons (Fsp3) is 0.214. The molecule has 0 bridgehead atoms. The van der Waals surface area contributed by atoms with Gasteiger partial charge in [0.25, 0.3) is 0 Å². The van der Waals surface area contributed by atoms with E-state index in [1.165, 1.54) is 10.6 Å². The van der Waals surface area contributed by atoms with Gasteiger partial charge in [0.2, 0.25) is 0 Å². The van der Waals surface area contributed by atoms with Crippen LogP contribution < -0.4 is 10.4 Å². The molecule has 0 fully saturated rings. The maximum Gasteiger partial charge on any atom is 0.387 e. The summed E-state index contributed by atoms with van der Waals surface area (Å²) in [7, 11) is 1.68. The first kappa shape index (κ1) is 24.1. The van der Waals surface area contributed by atoms with Gasteiger partial charge in [-0.2, -0.15) is 14.0 Å². The van der Waals surface area contributed by atoms with E-state index in [2.05, 4.69) is 20.8 Å². The van der Waals surface area contributed by atoms with Crippen LogP contribution in [0.25, 0.3) is 38.8 Å². The topological polar surface area (TPSA) is 85.7 Å². The van der Waals surface area contributed by atoms with Crippen LogP contribution in [0.1, 0.15) is 25.1 Å². The molecule has 0 radical (unpaired) electrons.